The minimum atomic E-state index is -3.77. The summed E-state index contributed by atoms with van der Waals surface area (Å²) in [6, 6.07) is 19.3. The quantitative estimate of drug-likeness (QED) is 0.250. The number of hydrogen-bond acceptors (Lipinski definition) is 7. The first kappa shape index (κ1) is 21.8. The van der Waals surface area contributed by atoms with Crippen molar-refractivity contribution in [2.45, 2.75) is 4.90 Å². The van der Waals surface area contributed by atoms with Gasteiger partial charge in [0.05, 0.1) is 25.3 Å². The van der Waals surface area contributed by atoms with Crippen molar-refractivity contribution in [3.8, 4) is 17.2 Å². The van der Waals surface area contributed by atoms with E-state index in [2.05, 4.69) is 9.93 Å². The standard InChI is InChI=1S/C22H20N2O6S/c1-28-19-11-7-6-10-18(19)22(25)30-20-13-12-16(14-21(20)29-2)15-23-24-31(26,27)17-8-4-3-5-9-17/h3-15,24H,1-2H3/b23-15-. The molecule has 3 aromatic carbocycles. The number of sulfonamides is 1. The summed E-state index contributed by atoms with van der Waals surface area (Å²) in [5.74, 6) is 0.257. The molecule has 8 nitrogen and oxygen atoms in total. The Morgan fingerprint density at radius 3 is 2.26 bits per heavy atom. The summed E-state index contributed by atoms with van der Waals surface area (Å²) in [7, 11) is -0.877. The minimum Gasteiger partial charge on any atom is -0.496 e. The molecule has 0 saturated carbocycles. The number of ether oxygens (including phenoxy) is 3. The van der Waals surface area contributed by atoms with Crippen molar-refractivity contribution >= 4 is 22.2 Å². The number of hydrazone groups is 1. The summed E-state index contributed by atoms with van der Waals surface area (Å²) in [6.45, 7) is 0. The second kappa shape index (κ2) is 9.77. The lowest BCUT2D eigenvalue weighted by atomic mass is 10.2. The van der Waals surface area contributed by atoms with Crippen LogP contribution in [0.5, 0.6) is 17.2 Å². The largest absolute Gasteiger partial charge is 0.496 e. The van der Waals surface area contributed by atoms with Crippen LogP contribution < -0.4 is 19.0 Å². The number of nitrogens with zero attached hydrogens (tertiary/aromatic N) is 1. The molecule has 3 rings (SSSR count). The summed E-state index contributed by atoms with van der Waals surface area (Å²) in [4.78, 5) is 14.7. The van der Waals surface area contributed by atoms with E-state index in [0.717, 1.165) is 0 Å². The maximum Gasteiger partial charge on any atom is 0.347 e. The molecule has 0 aliphatic rings. The van der Waals surface area contributed by atoms with E-state index in [-0.39, 0.29) is 22.0 Å². The number of carbonyl (C=O) groups excluding carboxylic acids is 1. The summed E-state index contributed by atoms with van der Waals surface area (Å²) in [5, 5.41) is 3.78. The Labute approximate surface area is 180 Å². The van der Waals surface area contributed by atoms with Gasteiger partial charge in [-0.25, -0.2) is 9.63 Å². The van der Waals surface area contributed by atoms with Crippen molar-refractivity contribution in [3.05, 3.63) is 83.9 Å². The highest BCUT2D eigenvalue weighted by Crippen LogP contribution is 2.29. The van der Waals surface area contributed by atoms with Crippen LogP contribution in [0.4, 0.5) is 0 Å². The summed E-state index contributed by atoms with van der Waals surface area (Å²) < 4.78 is 40.3. The second-order valence-corrected chi connectivity index (χ2v) is 7.83. The highest BCUT2D eigenvalue weighted by Gasteiger charge is 2.17. The molecule has 9 heteroatoms. The van der Waals surface area contributed by atoms with Crippen LogP contribution in [0.25, 0.3) is 0 Å². The first-order chi connectivity index (χ1) is 14.9. The molecule has 0 spiro atoms. The van der Waals surface area contributed by atoms with Gasteiger partial charge >= 0.3 is 5.97 Å². The molecule has 0 amide bonds. The first-order valence-electron chi connectivity index (χ1n) is 9.08. The third kappa shape index (κ3) is 5.40. The van der Waals surface area contributed by atoms with Gasteiger partial charge in [-0.05, 0) is 48.0 Å². The molecule has 0 fully saturated rings. The van der Waals surface area contributed by atoms with Crippen LogP contribution in [0, 0.1) is 0 Å². The number of para-hydroxylation sites is 1. The van der Waals surface area contributed by atoms with Gasteiger partial charge in [0.25, 0.3) is 10.0 Å². The number of nitrogens with one attached hydrogen (secondary N) is 1. The van der Waals surface area contributed by atoms with Crippen molar-refractivity contribution in [2.75, 3.05) is 14.2 Å². The molecule has 0 saturated heterocycles. The fraction of sp³-hybridized carbons (Fsp3) is 0.0909. The Balaban J connectivity index is 1.74. The van der Waals surface area contributed by atoms with Gasteiger partial charge in [-0.15, -0.1) is 0 Å². The number of methoxy groups -OCH3 is 2. The average Bonchev–Trinajstić information content (AvgIpc) is 2.80. The Bertz CT molecular complexity index is 1190. The van der Waals surface area contributed by atoms with Crippen LogP contribution >= 0.6 is 0 Å². The fourth-order valence-electron chi connectivity index (χ4n) is 2.64. The molecule has 0 aliphatic heterocycles. The van der Waals surface area contributed by atoms with Gasteiger partial charge < -0.3 is 14.2 Å². The van der Waals surface area contributed by atoms with Gasteiger partial charge in [-0.3, -0.25) is 0 Å². The lowest BCUT2D eigenvalue weighted by Crippen LogP contribution is -2.18. The molecule has 160 valence electrons. The average molecular weight is 440 g/mol. The van der Waals surface area contributed by atoms with E-state index in [1.54, 1.807) is 54.6 Å². The number of carbonyl (C=O) groups is 1. The minimum absolute atomic E-state index is 0.100. The summed E-state index contributed by atoms with van der Waals surface area (Å²) >= 11 is 0. The molecule has 0 aromatic heterocycles. The van der Waals surface area contributed by atoms with Crippen molar-refractivity contribution in [3.63, 3.8) is 0 Å². The fourth-order valence-corrected chi connectivity index (χ4v) is 3.45. The SMILES string of the molecule is COc1cc(/C=N\NS(=O)(=O)c2ccccc2)ccc1OC(=O)c1ccccc1OC. The molecule has 1 N–H and O–H groups in total. The van der Waals surface area contributed by atoms with E-state index < -0.39 is 16.0 Å². The molecule has 31 heavy (non-hydrogen) atoms. The lowest BCUT2D eigenvalue weighted by Gasteiger charge is -2.11. The zero-order chi connectivity index (χ0) is 22.3. The van der Waals surface area contributed by atoms with E-state index in [1.807, 2.05) is 0 Å². The highest BCUT2D eigenvalue weighted by atomic mass is 32.2. The Hall–Kier alpha value is -3.85. The normalized spacial score (nSPS) is 11.2. The van der Waals surface area contributed by atoms with Crippen LogP contribution in [0.15, 0.2) is 82.8 Å². The molecule has 0 heterocycles. The number of esters is 1. The smallest absolute Gasteiger partial charge is 0.347 e. The summed E-state index contributed by atoms with van der Waals surface area (Å²) in [5.41, 5.74) is 0.803. The van der Waals surface area contributed by atoms with E-state index in [1.165, 1.54) is 38.6 Å². The van der Waals surface area contributed by atoms with E-state index in [9.17, 15) is 13.2 Å². The highest BCUT2D eigenvalue weighted by molar-refractivity contribution is 7.89. The van der Waals surface area contributed by atoms with Gasteiger partial charge in [0.2, 0.25) is 0 Å². The van der Waals surface area contributed by atoms with Crippen LogP contribution in [0.3, 0.4) is 0 Å². The van der Waals surface area contributed by atoms with Crippen molar-refractivity contribution in [2.24, 2.45) is 5.10 Å². The van der Waals surface area contributed by atoms with Gasteiger partial charge in [0.15, 0.2) is 11.5 Å². The van der Waals surface area contributed by atoms with Gasteiger partial charge in [-0.1, -0.05) is 30.3 Å². The van der Waals surface area contributed by atoms with E-state index >= 15 is 0 Å². The van der Waals surface area contributed by atoms with Crippen LogP contribution in [0.2, 0.25) is 0 Å². The van der Waals surface area contributed by atoms with Crippen LogP contribution in [-0.2, 0) is 10.0 Å². The third-order valence-electron chi connectivity index (χ3n) is 4.16. The molecule has 0 aliphatic carbocycles. The molecular formula is C22H20N2O6S. The number of hydrogen-bond donors (Lipinski definition) is 1. The Morgan fingerprint density at radius 2 is 1.55 bits per heavy atom. The zero-order valence-corrected chi connectivity index (χ0v) is 17.6. The third-order valence-corrected chi connectivity index (χ3v) is 5.40. The van der Waals surface area contributed by atoms with Crippen molar-refractivity contribution in [1.82, 2.24) is 4.83 Å². The van der Waals surface area contributed by atoms with Gasteiger partial charge in [0, 0.05) is 0 Å². The number of rotatable bonds is 8. The first-order valence-corrected chi connectivity index (χ1v) is 10.6. The van der Waals surface area contributed by atoms with Gasteiger partial charge in [-0.2, -0.15) is 13.5 Å². The van der Waals surface area contributed by atoms with Crippen molar-refractivity contribution in [1.29, 1.82) is 0 Å². The number of benzene rings is 3. The lowest BCUT2D eigenvalue weighted by molar-refractivity contribution is 0.0726. The van der Waals surface area contributed by atoms with Crippen LogP contribution in [-0.4, -0.2) is 34.8 Å². The maximum absolute atomic E-state index is 12.5. The Kier molecular flexibility index (Phi) is 6.88. The van der Waals surface area contributed by atoms with Gasteiger partial charge in [0.1, 0.15) is 11.3 Å². The maximum atomic E-state index is 12.5. The molecule has 0 bridgehead atoms. The van der Waals surface area contributed by atoms with E-state index in [0.29, 0.717) is 11.3 Å². The Morgan fingerprint density at radius 1 is 0.871 bits per heavy atom. The molecule has 0 unspecified atom stereocenters. The predicted molar refractivity (Wildman–Crippen MR) is 115 cm³/mol. The summed E-state index contributed by atoms with van der Waals surface area (Å²) in [6.07, 6.45) is 1.31. The molecule has 0 atom stereocenters. The molecular weight excluding hydrogens is 420 g/mol. The zero-order valence-electron chi connectivity index (χ0n) is 16.8. The van der Waals surface area contributed by atoms with E-state index in [4.69, 9.17) is 14.2 Å². The molecule has 0 radical (unpaired) electrons. The second-order valence-electron chi connectivity index (χ2n) is 6.17. The predicted octanol–water partition coefficient (Wildman–Crippen LogP) is 3.24. The van der Waals surface area contributed by atoms with Crippen LogP contribution in [0.1, 0.15) is 15.9 Å². The monoisotopic (exact) mass is 440 g/mol. The molecule has 3 aromatic rings. The topological polar surface area (TPSA) is 103 Å². The van der Waals surface area contributed by atoms with Crippen molar-refractivity contribution < 1.29 is 27.4 Å².